The number of hydrogen-bond acceptors (Lipinski definition) is 5. The SMILES string of the molecule is CCS(=O)(=O)CCn1ccc(NC(=O)N2CCOC(C)CC2)n1. The normalized spacial score (nSPS) is 19.4. The largest absolute Gasteiger partial charge is 0.377 e. The molecule has 0 spiro atoms. The molecule has 1 aliphatic rings. The van der Waals surface area contributed by atoms with Gasteiger partial charge in [-0.3, -0.25) is 10.00 Å². The number of amides is 2. The number of nitrogens with one attached hydrogen (secondary N) is 1. The van der Waals surface area contributed by atoms with Crippen molar-refractivity contribution in [3.05, 3.63) is 12.3 Å². The monoisotopic (exact) mass is 344 g/mol. The van der Waals surface area contributed by atoms with Crippen LogP contribution >= 0.6 is 0 Å². The molecular formula is C14H24N4O4S. The van der Waals surface area contributed by atoms with Crippen molar-refractivity contribution in [2.45, 2.75) is 32.9 Å². The number of hydrogen-bond donors (Lipinski definition) is 1. The fourth-order valence-electron chi connectivity index (χ4n) is 2.22. The molecule has 1 N–H and O–H groups in total. The van der Waals surface area contributed by atoms with E-state index in [0.717, 1.165) is 6.42 Å². The maximum atomic E-state index is 12.2. The number of rotatable bonds is 5. The van der Waals surface area contributed by atoms with E-state index in [4.69, 9.17) is 4.74 Å². The molecule has 2 amide bonds. The molecule has 2 heterocycles. The van der Waals surface area contributed by atoms with Gasteiger partial charge in [0, 0.05) is 31.1 Å². The topological polar surface area (TPSA) is 93.5 Å². The number of ether oxygens (including phenoxy) is 1. The molecule has 1 fully saturated rings. The quantitative estimate of drug-likeness (QED) is 0.859. The lowest BCUT2D eigenvalue weighted by molar-refractivity contribution is 0.0761. The number of carbonyl (C=O) groups excluding carboxylic acids is 1. The summed E-state index contributed by atoms with van der Waals surface area (Å²) in [7, 11) is -3.03. The summed E-state index contributed by atoms with van der Waals surface area (Å²) in [5.41, 5.74) is 0. The van der Waals surface area contributed by atoms with Crippen LogP contribution in [0.1, 0.15) is 20.3 Å². The van der Waals surface area contributed by atoms with Crippen LogP contribution in [0.25, 0.3) is 0 Å². The molecule has 8 nitrogen and oxygen atoms in total. The van der Waals surface area contributed by atoms with E-state index in [1.54, 1.807) is 24.1 Å². The van der Waals surface area contributed by atoms with Gasteiger partial charge >= 0.3 is 6.03 Å². The van der Waals surface area contributed by atoms with Crippen molar-refractivity contribution in [2.24, 2.45) is 0 Å². The van der Waals surface area contributed by atoms with Crippen LogP contribution in [0.4, 0.5) is 10.6 Å². The molecule has 1 aromatic rings. The van der Waals surface area contributed by atoms with Crippen LogP contribution < -0.4 is 5.32 Å². The minimum absolute atomic E-state index is 0.0416. The van der Waals surface area contributed by atoms with E-state index in [0.29, 0.717) is 25.5 Å². The van der Waals surface area contributed by atoms with E-state index in [2.05, 4.69) is 10.4 Å². The fourth-order valence-corrected chi connectivity index (χ4v) is 2.97. The minimum Gasteiger partial charge on any atom is -0.377 e. The third kappa shape index (κ3) is 5.51. The highest BCUT2D eigenvalue weighted by Crippen LogP contribution is 2.09. The molecule has 0 saturated carbocycles. The van der Waals surface area contributed by atoms with Gasteiger partial charge in [-0.25, -0.2) is 13.2 Å². The maximum absolute atomic E-state index is 12.2. The summed E-state index contributed by atoms with van der Waals surface area (Å²) in [4.78, 5) is 13.9. The van der Waals surface area contributed by atoms with Crippen LogP contribution in [0.2, 0.25) is 0 Å². The average Bonchev–Trinajstić information content (AvgIpc) is 2.84. The zero-order valence-corrected chi connectivity index (χ0v) is 14.4. The summed E-state index contributed by atoms with van der Waals surface area (Å²) >= 11 is 0. The number of aryl methyl sites for hydroxylation is 1. The number of carbonyl (C=O) groups is 1. The Hall–Kier alpha value is -1.61. The van der Waals surface area contributed by atoms with Gasteiger partial charge in [-0.15, -0.1) is 0 Å². The molecule has 9 heteroatoms. The molecule has 23 heavy (non-hydrogen) atoms. The van der Waals surface area contributed by atoms with Crippen LogP contribution in [0.3, 0.4) is 0 Å². The number of nitrogens with zero attached hydrogens (tertiary/aromatic N) is 3. The Morgan fingerprint density at radius 2 is 2.26 bits per heavy atom. The molecule has 0 bridgehead atoms. The van der Waals surface area contributed by atoms with Gasteiger partial charge in [-0.2, -0.15) is 5.10 Å². The highest BCUT2D eigenvalue weighted by molar-refractivity contribution is 7.91. The second-order valence-corrected chi connectivity index (χ2v) is 8.06. The Labute approximate surface area is 136 Å². The van der Waals surface area contributed by atoms with Gasteiger partial charge in [0.2, 0.25) is 0 Å². The van der Waals surface area contributed by atoms with Crippen molar-refractivity contribution in [3.8, 4) is 0 Å². The minimum atomic E-state index is -3.03. The number of anilines is 1. The highest BCUT2D eigenvalue weighted by atomic mass is 32.2. The van der Waals surface area contributed by atoms with Crippen LogP contribution in [0.15, 0.2) is 12.3 Å². The lowest BCUT2D eigenvalue weighted by Crippen LogP contribution is -2.36. The second-order valence-electron chi connectivity index (χ2n) is 5.59. The lowest BCUT2D eigenvalue weighted by atomic mass is 10.3. The highest BCUT2D eigenvalue weighted by Gasteiger charge is 2.19. The van der Waals surface area contributed by atoms with Gasteiger partial charge in [-0.1, -0.05) is 6.92 Å². The summed E-state index contributed by atoms with van der Waals surface area (Å²) < 4.78 is 30.0. The van der Waals surface area contributed by atoms with E-state index in [1.807, 2.05) is 6.92 Å². The molecule has 0 radical (unpaired) electrons. The molecule has 130 valence electrons. The molecule has 1 atom stereocenters. The zero-order valence-electron chi connectivity index (χ0n) is 13.6. The Morgan fingerprint density at radius 1 is 1.48 bits per heavy atom. The Kier molecular flexibility index (Phi) is 6.00. The van der Waals surface area contributed by atoms with E-state index in [-0.39, 0.29) is 30.2 Å². The van der Waals surface area contributed by atoms with E-state index < -0.39 is 9.84 Å². The van der Waals surface area contributed by atoms with Gasteiger partial charge in [0.1, 0.15) is 0 Å². The lowest BCUT2D eigenvalue weighted by Gasteiger charge is -2.19. The van der Waals surface area contributed by atoms with Crippen LogP contribution in [0, 0.1) is 0 Å². The van der Waals surface area contributed by atoms with E-state index >= 15 is 0 Å². The van der Waals surface area contributed by atoms with Crippen molar-refractivity contribution in [3.63, 3.8) is 0 Å². The molecular weight excluding hydrogens is 320 g/mol. The van der Waals surface area contributed by atoms with Crippen LogP contribution in [-0.4, -0.2) is 66.4 Å². The zero-order chi connectivity index (χ0) is 16.9. The van der Waals surface area contributed by atoms with Crippen molar-refractivity contribution in [1.82, 2.24) is 14.7 Å². The van der Waals surface area contributed by atoms with Gasteiger partial charge in [0.05, 0.1) is 25.0 Å². The molecule has 0 aromatic carbocycles. The second kappa shape index (κ2) is 7.78. The standard InChI is InChI=1S/C14H24N4O4S/c1-3-23(20,21)11-9-18-7-5-13(16-18)15-14(19)17-6-4-12(2)22-10-8-17/h5,7,12H,3-4,6,8-11H2,1-2H3,(H,15,16,19). The number of aromatic nitrogens is 2. The third-order valence-electron chi connectivity index (χ3n) is 3.80. The summed E-state index contributed by atoms with van der Waals surface area (Å²) in [6.07, 6.45) is 2.62. The predicted molar refractivity (Wildman–Crippen MR) is 87.2 cm³/mol. The molecule has 2 rings (SSSR count). The van der Waals surface area contributed by atoms with E-state index in [1.165, 1.54) is 4.68 Å². The molecule has 1 aromatic heterocycles. The first-order valence-electron chi connectivity index (χ1n) is 7.81. The smallest absolute Gasteiger partial charge is 0.323 e. The summed E-state index contributed by atoms with van der Waals surface area (Å²) in [5.74, 6) is 0.579. The molecule has 1 saturated heterocycles. The molecule has 0 aliphatic carbocycles. The van der Waals surface area contributed by atoms with Crippen LogP contribution in [0.5, 0.6) is 0 Å². The summed E-state index contributed by atoms with van der Waals surface area (Å²) in [6, 6.07) is 1.45. The first-order valence-corrected chi connectivity index (χ1v) is 9.63. The number of sulfone groups is 1. The average molecular weight is 344 g/mol. The Bertz CT molecular complexity index is 628. The maximum Gasteiger partial charge on any atom is 0.323 e. The van der Waals surface area contributed by atoms with Gasteiger partial charge in [0.25, 0.3) is 0 Å². The van der Waals surface area contributed by atoms with Crippen LogP contribution in [-0.2, 0) is 21.1 Å². The van der Waals surface area contributed by atoms with Crippen molar-refractivity contribution in [1.29, 1.82) is 0 Å². The molecule has 1 aliphatic heterocycles. The van der Waals surface area contributed by atoms with Gasteiger partial charge < -0.3 is 9.64 Å². The summed E-state index contributed by atoms with van der Waals surface area (Å²) in [5, 5.41) is 6.92. The first-order chi connectivity index (χ1) is 10.9. The van der Waals surface area contributed by atoms with Gasteiger partial charge in [-0.05, 0) is 13.3 Å². The Balaban J connectivity index is 1.87. The first kappa shape index (κ1) is 17.7. The predicted octanol–water partition coefficient (Wildman–Crippen LogP) is 0.960. The van der Waals surface area contributed by atoms with E-state index in [9.17, 15) is 13.2 Å². The third-order valence-corrected chi connectivity index (χ3v) is 5.49. The fraction of sp³-hybridized carbons (Fsp3) is 0.714. The van der Waals surface area contributed by atoms with Gasteiger partial charge in [0.15, 0.2) is 15.7 Å². The number of urea groups is 1. The molecule has 1 unspecified atom stereocenters. The van der Waals surface area contributed by atoms with Crippen molar-refractivity contribution >= 4 is 21.7 Å². The summed E-state index contributed by atoms with van der Waals surface area (Å²) in [6.45, 7) is 5.61. The van der Waals surface area contributed by atoms with Crippen molar-refractivity contribution < 1.29 is 17.9 Å². The Morgan fingerprint density at radius 3 is 3.00 bits per heavy atom. The van der Waals surface area contributed by atoms with Crippen molar-refractivity contribution in [2.75, 3.05) is 36.5 Å².